The summed E-state index contributed by atoms with van der Waals surface area (Å²) >= 11 is 7.10. The van der Waals surface area contributed by atoms with E-state index in [0.29, 0.717) is 6.04 Å². The van der Waals surface area contributed by atoms with Crippen LogP contribution in [0.2, 0.25) is 0 Å². The summed E-state index contributed by atoms with van der Waals surface area (Å²) in [5, 5.41) is 3.67. The van der Waals surface area contributed by atoms with Crippen LogP contribution in [0.5, 0.6) is 5.75 Å². The smallest absolute Gasteiger partial charge is 0.137 e. The number of nitrogens with zero attached hydrogens (tertiary/aromatic N) is 1. The van der Waals surface area contributed by atoms with Crippen LogP contribution in [0.25, 0.3) is 0 Å². The van der Waals surface area contributed by atoms with Gasteiger partial charge in [0.1, 0.15) is 5.75 Å². The highest BCUT2D eigenvalue weighted by atomic mass is 79.9. The molecular formula is C15H22Br2N2O. The van der Waals surface area contributed by atoms with Gasteiger partial charge in [-0.05, 0) is 54.0 Å². The predicted octanol–water partition coefficient (Wildman–Crippen LogP) is 3.79. The second-order valence-electron chi connectivity index (χ2n) is 5.19. The molecule has 0 aromatic heterocycles. The Balaban J connectivity index is 2.00. The molecule has 0 spiro atoms. The van der Waals surface area contributed by atoms with Crippen LogP contribution in [-0.2, 0) is 6.54 Å². The van der Waals surface area contributed by atoms with Crippen LogP contribution in [0.15, 0.2) is 21.1 Å². The lowest BCUT2D eigenvalue weighted by Crippen LogP contribution is -2.45. The van der Waals surface area contributed by atoms with Gasteiger partial charge in [0.15, 0.2) is 0 Å². The van der Waals surface area contributed by atoms with E-state index in [1.807, 2.05) is 6.07 Å². The molecular weight excluding hydrogens is 384 g/mol. The van der Waals surface area contributed by atoms with Crippen LogP contribution in [0.1, 0.15) is 25.3 Å². The van der Waals surface area contributed by atoms with Crippen molar-refractivity contribution in [2.45, 2.75) is 32.4 Å². The second kappa shape index (κ2) is 7.78. The summed E-state index contributed by atoms with van der Waals surface area (Å²) in [6.07, 6.45) is 2.54. The van der Waals surface area contributed by atoms with Crippen LogP contribution >= 0.6 is 31.9 Å². The summed E-state index contributed by atoms with van der Waals surface area (Å²) in [5.74, 6) is 0.920. The van der Waals surface area contributed by atoms with Crippen molar-refractivity contribution in [3.8, 4) is 5.75 Å². The Kier molecular flexibility index (Phi) is 6.33. The molecule has 1 N–H and O–H groups in total. The molecule has 1 aromatic carbocycles. The first-order chi connectivity index (χ1) is 9.63. The Bertz CT molecular complexity index is 454. The number of ether oxygens (including phenoxy) is 1. The van der Waals surface area contributed by atoms with E-state index in [4.69, 9.17) is 4.74 Å². The SMILES string of the molecule is CCN1CCCC(NCc2cc(Br)cc(Br)c2OC)C1. The van der Waals surface area contributed by atoms with Gasteiger partial charge in [-0.25, -0.2) is 0 Å². The van der Waals surface area contributed by atoms with E-state index in [2.05, 4.69) is 55.1 Å². The Morgan fingerprint density at radius 1 is 1.40 bits per heavy atom. The highest BCUT2D eigenvalue weighted by molar-refractivity contribution is 9.11. The number of nitrogens with one attached hydrogen (secondary N) is 1. The largest absolute Gasteiger partial charge is 0.495 e. The van der Waals surface area contributed by atoms with Crippen LogP contribution < -0.4 is 10.1 Å². The van der Waals surface area contributed by atoms with E-state index in [1.165, 1.54) is 24.9 Å². The van der Waals surface area contributed by atoms with E-state index in [0.717, 1.165) is 34.3 Å². The maximum absolute atomic E-state index is 5.50. The second-order valence-corrected chi connectivity index (χ2v) is 6.96. The fourth-order valence-electron chi connectivity index (χ4n) is 2.74. The van der Waals surface area contributed by atoms with Crippen LogP contribution in [0, 0.1) is 0 Å². The monoisotopic (exact) mass is 404 g/mol. The van der Waals surface area contributed by atoms with Crippen molar-refractivity contribution in [2.24, 2.45) is 0 Å². The van der Waals surface area contributed by atoms with Crippen molar-refractivity contribution < 1.29 is 4.74 Å². The minimum Gasteiger partial charge on any atom is -0.495 e. The number of hydrogen-bond donors (Lipinski definition) is 1. The molecule has 20 heavy (non-hydrogen) atoms. The van der Waals surface area contributed by atoms with Crippen LogP contribution in [0.4, 0.5) is 0 Å². The molecule has 1 heterocycles. The maximum Gasteiger partial charge on any atom is 0.137 e. The zero-order chi connectivity index (χ0) is 14.5. The first-order valence-electron chi connectivity index (χ1n) is 7.11. The Hall–Kier alpha value is -0.100. The number of rotatable bonds is 5. The average molecular weight is 406 g/mol. The number of benzene rings is 1. The van der Waals surface area contributed by atoms with E-state index in [-0.39, 0.29) is 0 Å². The molecule has 112 valence electrons. The third kappa shape index (κ3) is 4.20. The molecule has 0 saturated carbocycles. The standard InChI is InChI=1S/C15H22Br2N2O/c1-3-19-6-4-5-13(10-19)18-9-11-7-12(16)8-14(17)15(11)20-2/h7-8,13,18H,3-6,9-10H2,1-2H3. The minimum atomic E-state index is 0.575. The molecule has 5 heteroatoms. The zero-order valence-corrected chi connectivity index (χ0v) is 15.3. The number of likely N-dealkylation sites (tertiary alicyclic amines) is 1. The quantitative estimate of drug-likeness (QED) is 0.806. The first kappa shape index (κ1) is 16.3. The lowest BCUT2D eigenvalue weighted by Gasteiger charge is -2.32. The van der Waals surface area contributed by atoms with Crippen molar-refractivity contribution in [1.29, 1.82) is 0 Å². The van der Waals surface area contributed by atoms with Gasteiger partial charge in [-0.3, -0.25) is 0 Å². The van der Waals surface area contributed by atoms with Crippen molar-refractivity contribution >= 4 is 31.9 Å². The first-order valence-corrected chi connectivity index (χ1v) is 8.70. The molecule has 3 nitrogen and oxygen atoms in total. The van der Waals surface area contributed by atoms with Gasteiger partial charge in [-0.1, -0.05) is 22.9 Å². The number of likely N-dealkylation sites (N-methyl/N-ethyl adjacent to an activating group) is 1. The zero-order valence-electron chi connectivity index (χ0n) is 12.1. The molecule has 1 unspecified atom stereocenters. The molecule has 0 bridgehead atoms. The molecule has 1 aliphatic rings. The van der Waals surface area contributed by atoms with Gasteiger partial charge in [0, 0.05) is 29.2 Å². The lowest BCUT2D eigenvalue weighted by molar-refractivity contribution is 0.198. The topological polar surface area (TPSA) is 24.5 Å². The fraction of sp³-hybridized carbons (Fsp3) is 0.600. The van der Waals surface area contributed by atoms with Crippen molar-refractivity contribution in [3.63, 3.8) is 0 Å². The van der Waals surface area contributed by atoms with E-state index in [1.54, 1.807) is 7.11 Å². The van der Waals surface area contributed by atoms with Gasteiger partial charge in [-0.15, -0.1) is 0 Å². The predicted molar refractivity (Wildman–Crippen MR) is 90.4 cm³/mol. The summed E-state index contributed by atoms with van der Waals surface area (Å²) in [6, 6.07) is 4.71. The molecule has 1 fully saturated rings. The number of hydrogen-bond acceptors (Lipinski definition) is 3. The third-order valence-electron chi connectivity index (χ3n) is 3.82. The number of piperidine rings is 1. The molecule has 2 rings (SSSR count). The van der Waals surface area contributed by atoms with Gasteiger partial charge in [0.25, 0.3) is 0 Å². The summed E-state index contributed by atoms with van der Waals surface area (Å²) in [4.78, 5) is 2.51. The molecule has 0 aliphatic carbocycles. The van der Waals surface area contributed by atoms with E-state index >= 15 is 0 Å². The Morgan fingerprint density at radius 3 is 2.90 bits per heavy atom. The minimum absolute atomic E-state index is 0.575. The van der Waals surface area contributed by atoms with Gasteiger partial charge in [0.2, 0.25) is 0 Å². The maximum atomic E-state index is 5.50. The Labute approximate surface area is 138 Å². The van der Waals surface area contributed by atoms with E-state index in [9.17, 15) is 0 Å². The third-order valence-corrected chi connectivity index (χ3v) is 4.87. The Morgan fingerprint density at radius 2 is 2.20 bits per heavy atom. The van der Waals surface area contributed by atoms with Crippen molar-refractivity contribution in [3.05, 3.63) is 26.6 Å². The molecule has 1 aliphatic heterocycles. The number of methoxy groups -OCH3 is 1. The summed E-state index contributed by atoms with van der Waals surface area (Å²) < 4.78 is 7.56. The highest BCUT2D eigenvalue weighted by Crippen LogP contribution is 2.32. The number of halogens is 2. The molecule has 0 amide bonds. The van der Waals surface area contributed by atoms with Crippen molar-refractivity contribution in [1.82, 2.24) is 10.2 Å². The van der Waals surface area contributed by atoms with Crippen molar-refractivity contribution in [2.75, 3.05) is 26.7 Å². The van der Waals surface area contributed by atoms with Crippen LogP contribution in [-0.4, -0.2) is 37.7 Å². The normalized spacial score (nSPS) is 20.1. The molecule has 1 saturated heterocycles. The van der Waals surface area contributed by atoms with Gasteiger partial charge < -0.3 is 15.0 Å². The summed E-state index contributed by atoms with van der Waals surface area (Å²) in [6.45, 7) is 6.60. The summed E-state index contributed by atoms with van der Waals surface area (Å²) in [7, 11) is 1.72. The van der Waals surface area contributed by atoms with Gasteiger partial charge in [0.05, 0.1) is 11.6 Å². The van der Waals surface area contributed by atoms with E-state index < -0.39 is 0 Å². The lowest BCUT2D eigenvalue weighted by atomic mass is 10.1. The molecule has 0 radical (unpaired) electrons. The molecule has 1 aromatic rings. The van der Waals surface area contributed by atoms with Gasteiger partial charge in [-0.2, -0.15) is 0 Å². The van der Waals surface area contributed by atoms with Gasteiger partial charge >= 0.3 is 0 Å². The molecule has 1 atom stereocenters. The van der Waals surface area contributed by atoms with Crippen LogP contribution in [0.3, 0.4) is 0 Å². The fourth-order valence-corrected chi connectivity index (χ4v) is 4.21. The average Bonchev–Trinajstić information content (AvgIpc) is 2.45. The highest BCUT2D eigenvalue weighted by Gasteiger charge is 2.19. The summed E-state index contributed by atoms with van der Waals surface area (Å²) in [5.41, 5.74) is 1.18.